The lowest BCUT2D eigenvalue weighted by molar-refractivity contribution is 0.242. The van der Waals surface area contributed by atoms with E-state index >= 15 is 0 Å². The van der Waals surface area contributed by atoms with Gasteiger partial charge in [-0.05, 0) is 17.7 Å². The quantitative estimate of drug-likeness (QED) is 0.846. The summed E-state index contributed by atoms with van der Waals surface area (Å²) in [4.78, 5) is 12.5. The first-order chi connectivity index (χ1) is 8.76. The molecule has 6 heteroatoms. The Balaban J connectivity index is 2.25. The Kier molecular flexibility index (Phi) is 4.68. The van der Waals surface area contributed by atoms with Gasteiger partial charge in [0.25, 0.3) is 0 Å². The average Bonchev–Trinajstić information content (AvgIpc) is 3.03. The molecule has 3 nitrogen and oxygen atoms in total. The van der Waals surface area contributed by atoms with Crippen LogP contribution >= 0.6 is 34.4 Å². The van der Waals surface area contributed by atoms with E-state index < -0.39 is 0 Å². The van der Waals surface area contributed by atoms with Crippen LogP contribution in [-0.4, -0.2) is 19.3 Å². The summed E-state index contributed by atoms with van der Waals surface area (Å²) in [5.41, 5.74) is 2.44. The van der Waals surface area contributed by atoms with Gasteiger partial charge in [0, 0.05) is 35.0 Å². The number of carbonyl (C=O) groups excluding carboxylic acids is 1. The van der Waals surface area contributed by atoms with E-state index in [1.165, 1.54) is 20.2 Å². The minimum atomic E-state index is -0.148. The Morgan fingerprint density at radius 3 is 2.89 bits per heavy atom. The fourth-order valence-corrected chi connectivity index (χ4v) is 4.22. The first kappa shape index (κ1) is 13.5. The number of hydrogen-bond acceptors (Lipinski definition) is 4. The van der Waals surface area contributed by atoms with Crippen LogP contribution in [0.15, 0.2) is 27.1 Å². The molecule has 0 atom stereocenters. The molecule has 0 aliphatic heterocycles. The highest BCUT2D eigenvalue weighted by atomic mass is 32.2. The maximum absolute atomic E-state index is 11.3. The first-order valence-electron chi connectivity index (χ1n) is 5.40. The van der Waals surface area contributed by atoms with Gasteiger partial charge in [-0.1, -0.05) is 6.07 Å². The largest absolute Gasteiger partial charge is 0.341 e. The third-order valence-electron chi connectivity index (χ3n) is 2.48. The van der Waals surface area contributed by atoms with E-state index in [2.05, 4.69) is 33.7 Å². The van der Waals surface area contributed by atoms with Gasteiger partial charge in [0.05, 0.1) is 4.21 Å². The Hall–Kier alpha value is -0.980. The summed E-state index contributed by atoms with van der Waals surface area (Å²) in [6.07, 6.45) is 2.06. The van der Waals surface area contributed by atoms with Crippen LogP contribution in [0.2, 0.25) is 0 Å². The summed E-state index contributed by atoms with van der Waals surface area (Å²) in [6, 6.07) is 4.01. The maximum atomic E-state index is 11.3. The normalized spacial score (nSPS) is 10.3. The van der Waals surface area contributed by atoms with E-state index in [1.807, 2.05) is 6.07 Å². The van der Waals surface area contributed by atoms with Gasteiger partial charge in [0.15, 0.2) is 0 Å². The molecule has 2 N–H and O–H groups in total. The highest BCUT2D eigenvalue weighted by Gasteiger charge is 2.14. The van der Waals surface area contributed by atoms with Gasteiger partial charge in [-0.3, -0.25) is 0 Å². The van der Waals surface area contributed by atoms with Gasteiger partial charge >= 0.3 is 6.03 Å². The van der Waals surface area contributed by atoms with E-state index in [4.69, 9.17) is 0 Å². The molecule has 2 aromatic rings. The van der Waals surface area contributed by atoms with Crippen LogP contribution in [0.4, 0.5) is 4.79 Å². The smallest absolute Gasteiger partial charge is 0.314 e. The topological polar surface area (TPSA) is 41.1 Å². The summed E-state index contributed by atoms with van der Waals surface area (Å²) in [7, 11) is 1.62. The lowest BCUT2D eigenvalue weighted by atomic mass is 10.1. The lowest BCUT2D eigenvalue weighted by Gasteiger charge is -2.07. The van der Waals surface area contributed by atoms with Crippen molar-refractivity contribution in [2.45, 2.75) is 10.8 Å². The number of thiophene rings is 2. The zero-order valence-electron chi connectivity index (χ0n) is 10.1. The molecule has 0 aromatic carbocycles. The number of amides is 2. The molecule has 2 amide bonds. The molecule has 0 fully saturated rings. The predicted octanol–water partition coefficient (Wildman–Crippen LogP) is 3.63. The molecule has 0 unspecified atom stereocenters. The highest BCUT2D eigenvalue weighted by Crippen LogP contribution is 2.38. The van der Waals surface area contributed by atoms with Crippen molar-refractivity contribution in [3.8, 4) is 10.4 Å². The zero-order chi connectivity index (χ0) is 13.0. The van der Waals surface area contributed by atoms with Crippen molar-refractivity contribution in [2.75, 3.05) is 13.3 Å². The SMILES string of the molecule is CNC(=O)NCc1c(-c2cccs2)csc1SC. The van der Waals surface area contributed by atoms with Gasteiger partial charge in [-0.25, -0.2) is 4.79 Å². The van der Waals surface area contributed by atoms with Crippen molar-refractivity contribution >= 4 is 40.5 Å². The minimum absolute atomic E-state index is 0.148. The second-order valence-electron chi connectivity index (χ2n) is 3.53. The molecular formula is C12H14N2OS3. The molecule has 0 bridgehead atoms. The zero-order valence-corrected chi connectivity index (χ0v) is 12.6. The number of rotatable bonds is 4. The second kappa shape index (κ2) is 6.26. The summed E-state index contributed by atoms with van der Waals surface area (Å²) in [5.74, 6) is 0. The Morgan fingerprint density at radius 1 is 1.44 bits per heavy atom. The summed E-state index contributed by atoms with van der Waals surface area (Å²) in [6.45, 7) is 0.562. The van der Waals surface area contributed by atoms with Crippen LogP contribution < -0.4 is 10.6 Å². The summed E-state index contributed by atoms with van der Waals surface area (Å²) < 4.78 is 1.26. The molecular weight excluding hydrogens is 284 g/mol. The standard InChI is InChI=1S/C12H14N2OS3/c1-13-12(15)14-6-8-9(7-18-11(8)16-2)10-4-3-5-17-10/h3-5,7H,6H2,1-2H3,(H2,13,14,15). The minimum Gasteiger partial charge on any atom is -0.341 e. The van der Waals surface area contributed by atoms with E-state index in [0.29, 0.717) is 6.54 Å². The number of nitrogens with one attached hydrogen (secondary N) is 2. The fraction of sp³-hybridized carbons (Fsp3) is 0.250. The van der Waals surface area contributed by atoms with Crippen molar-refractivity contribution in [1.82, 2.24) is 10.6 Å². The van der Waals surface area contributed by atoms with E-state index in [1.54, 1.807) is 41.5 Å². The summed E-state index contributed by atoms with van der Waals surface area (Å²) >= 11 is 5.18. The molecule has 18 heavy (non-hydrogen) atoms. The molecule has 2 rings (SSSR count). The van der Waals surface area contributed by atoms with Gasteiger partial charge in [0.1, 0.15) is 0 Å². The molecule has 0 aliphatic carbocycles. The van der Waals surface area contributed by atoms with Crippen LogP contribution in [-0.2, 0) is 6.54 Å². The van der Waals surface area contributed by atoms with Gasteiger partial charge < -0.3 is 10.6 Å². The second-order valence-corrected chi connectivity index (χ2v) is 6.43. The first-order valence-corrected chi connectivity index (χ1v) is 8.38. The molecule has 0 saturated heterocycles. The van der Waals surface area contributed by atoms with Gasteiger partial charge in [-0.2, -0.15) is 0 Å². The average molecular weight is 298 g/mol. The van der Waals surface area contributed by atoms with Crippen molar-refractivity contribution in [2.24, 2.45) is 0 Å². The maximum Gasteiger partial charge on any atom is 0.314 e. The van der Waals surface area contributed by atoms with Crippen molar-refractivity contribution in [3.05, 3.63) is 28.5 Å². The predicted molar refractivity (Wildman–Crippen MR) is 80.7 cm³/mol. The monoisotopic (exact) mass is 298 g/mol. The molecule has 2 aromatic heterocycles. The Bertz CT molecular complexity index is 519. The third-order valence-corrected chi connectivity index (χ3v) is 5.60. The van der Waals surface area contributed by atoms with Crippen molar-refractivity contribution in [1.29, 1.82) is 0 Å². The number of thioether (sulfide) groups is 1. The van der Waals surface area contributed by atoms with Gasteiger partial charge in [0.2, 0.25) is 0 Å². The van der Waals surface area contributed by atoms with E-state index in [0.717, 1.165) is 0 Å². The molecule has 0 radical (unpaired) electrons. The third kappa shape index (κ3) is 2.88. The fourth-order valence-electron chi connectivity index (χ4n) is 1.60. The van der Waals surface area contributed by atoms with Crippen molar-refractivity contribution in [3.63, 3.8) is 0 Å². The molecule has 0 spiro atoms. The summed E-state index contributed by atoms with van der Waals surface area (Å²) in [5, 5.41) is 9.66. The van der Waals surface area contributed by atoms with Crippen LogP contribution in [0.1, 0.15) is 5.56 Å². The van der Waals surface area contributed by atoms with Crippen LogP contribution in [0.5, 0.6) is 0 Å². The van der Waals surface area contributed by atoms with E-state index in [9.17, 15) is 4.79 Å². The molecule has 96 valence electrons. The number of urea groups is 1. The number of hydrogen-bond donors (Lipinski definition) is 2. The Morgan fingerprint density at radius 2 is 2.28 bits per heavy atom. The van der Waals surface area contributed by atoms with Gasteiger partial charge in [-0.15, -0.1) is 34.4 Å². The molecule has 0 aliphatic rings. The van der Waals surface area contributed by atoms with Crippen molar-refractivity contribution < 1.29 is 4.79 Å². The molecule has 0 saturated carbocycles. The Labute approximate surface area is 119 Å². The number of carbonyl (C=O) groups is 1. The van der Waals surface area contributed by atoms with Crippen LogP contribution in [0, 0.1) is 0 Å². The highest BCUT2D eigenvalue weighted by molar-refractivity contribution is 8.00. The van der Waals surface area contributed by atoms with Crippen LogP contribution in [0.3, 0.4) is 0 Å². The van der Waals surface area contributed by atoms with E-state index in [-0.39, 0.29) is 6.03 Å². The lowest BCUT2D eigenvalue weighted by Crippen LogP contribution is -2.32. The van der Waals surface area contributed by atoms with Crippen LogP contribution in [0.25, 0.3) is 10.4 Å². The molecule has 2 heterocycles.